The summed E-state index contributed by atoms with van der Waals surface area (Å²) in [6.45, 7) is 3.03. The first-order valence-electron chi connectivity index (χ1n) is 6.46. The Hall–Kier alpha value is -1.95. The molecule has 1 saturated heterocycles. The smallest absolute Gasteiger partial charge is 0.192 e. The van der Waals surface area contributed by atoms with E-state index in [9.17, 15) is 0 Å². The Morgan fingerprint density at radius 3 is 3.00 bits per heavy atom. The molecule has 1 aromatic heterocycles. The molecule has 2 aromatic rings. The van der Waals surface area contributed by atoms with Crippen molar-refractivity contribution in [2.75, 3.05) is 13.7 Å². The molecular formula is C13H17N5O. The van der Waals surface area contributed by atoms with Gasteiger partial charge in [0.15, 0.2) is 5.82 Å². The summed E-state index contributed by atoms with van der Waals surface area (Å²) in [6, 6.07) is 6.08. The van der Waals surface area contributed by atoms with Crippen LogP contribution in [0, 0.1) is 6.92 Å². The first kappa shape index (κ1) is 12.1. The Morgan fingerprint density at radius 1 is 1.42 bits per heavy atom. The Balaban J connectivity index is 1.87. The molecule has 6 heteroatoms. The van der Waals surface area contributed by atoms with Gasteiger partial charge in [-0.25, -0.2) is 0 Å². The van der Waals surface area contributed by atoms with Crippen LogP contribution in [-0.2, 0) is 0 Å². The number of aromatic nitrogens is 4. The van der Waals surface area contributed by atoms with E-state index in [1.807, 2.05) is 25.1 Å². The van der Waals surface area contributed by atoms with E-state index in [1.54, 1.807) is 11.9 Å². The maximum absolute atomic E-state index is 5.25. The molecule has 1 aromatic carbocycles. The third kappa shape index (κ3) is 2.31. The molecule has 2 heterocycles. The molecule has 19 heavy (non-hydrogen) atoms. The number of nitrogens with zero attached hydrogens (tertiary/aromatic N) is 4. The van der Waals surface area contributed by atoms with Crippen LogP contribution in [0.3, 0.4) is 0 Å². The number of hydrogen-bond donors (Lipinski definition) is 1. The number of ether oxygens (including phenoxy) is 1. The van der Waals surface area contributed by atoms with Crippen molar-refractivity contribution in [2.24, 2.45) is 0 Å². The lowest BCUT2D eigenvalue weighted by atomic mass is 10.2. The van der Waals surface area contributed by atoms with Crippen molar-refractivity contribution in [3.05, 3.63) is 29.6 Å². The van der Waals surface area contributed by atoms with Crippen LogP contribution in [-0.4, -0.2) is 33.9 Å². The van der Waals surface area contributed by atoms with E-state index >= 15 is 0 Å². The maximum atomic E-state index is 5.25. The highest BCUT2D eigenvalue weighted by molar-refractivity contribution is 5.42. The van der Waals surface area contributed by atoms with Crippen LogP contribution >= 0.6 is 0 Å². The molecule has 1 atom stereocenters. The van der Waals surface area contributed by atoms with Crippen molar-refractivity contribution in [1.82, 2.24) is 25.5 Å². The van der Waals surface area contributed by atoms with Gasteiger partial charge < -0.3 is 10.1 Å². The highest BCUT2D eigenvalue weighted by Crippen LogP contribution is 2.22. The summed E-state index contributed by atoms with van der Waals surface area (Å²) in [7, 11) is 1.67. The predicted molar refractivity (Wildman–Crippen MR) is 70.4 cm³/mol. The van der Waals surface area contributed by atoms with Gasteiger partial charge in [-0.15, -0.1) is 15.0 Å². The van der Waals surface area contributed by atoms with Gasteiger partial charge >= 0.3 is 0 Å². The predicted octanol–water partition coefficient (Wildman–Crippen LogP) is 1.40. The molecule has 1 aliphatic rings. The number of nitrogens with one attached hydrogen (secondary N) is 1. The second-order valence-corrected chi connectivity index (χ2v) is 4.74. The molecule has 6 nitrogen and oxygen atoms in total. The molecule has 0 radical (unpaired) electrons. The molecule has 1 N–H and O–H groups in total. The molecule has 0 spiro atoms. The minimum absolute atomic E-state index is 0.244. The minimum Gasteiger partial charge on any atom is -0.496 e. The van der Waals surface area contributed by atoms with Crippen LogP contribution in [0.25, 0.3) is 5.69 Å². The zero-order valence-electron chi connectivity index (χ0n) is 11.1. The average Bonchev–Trinajstić information content (AvgIpc) is 3.09. The molecule has 100 valence electrons. The molecule has 0 aliphatic carbocycles. The molecular weight excluding hydrogens is 242 g/mol. The van der Waals surface area contributed by atoms with Gasteiger partial charge in [0.25, 0.3) is 0 Å². The van der Waals surface area contributed by atoms with E-state index in [0.29, 0.717) is 0 Å². The summed E-state index contributed by atoms with van der Waals surface area (Å²) >= 11 is 0. The van der Waals surface area contributed by atoms with Crippen molar-refractivity contribution in [2.45, 2.75) is 25.8 Å². The lowest BCUT2D eigenvalue weighted by Crippen LogP contribution is -2.14. The summed E-state index contributed by atoms with van der Waals surface area (Å²) in [4.78, 5) is 1.57. The Morgan fingerprint density at radius 2 is 2.32 bits per heavy atom. The number of rotatable bonds is 3. The number of hydrogen-bond acceptors (Lipinski definition) is 5. The van der Waals surface area contributed by atoms with Gasteiger partial charge in [-0.2, -0.15) is 0 Å². The van der Waals surface area contributed by atoms with Crippen LogP contribution in [0.1, 0.15) is 30.3 Å². The zero-order chi connectivity index (χ0) is 13.2. The molecule has 1 aliphatic heterocycles. The van der Waals surface area contributed by atoms with Crippen molar-refractivity contribution in [1.29, 1.82) is 0 Å². The summed E-state index contributed by atoms with van der Waals surface area (Å²) in [6.07, 6.45) is 2.24. The first-order valence-corrected chi connectivity index (χ1v) is 6.46. The third-order valence-electron chi connectivity index (χ3n) is 3.41. The van der Waals surface area contributed by atoms with Crippen LogP contribution in [0.2, 0.25) is 0 Å². The maximum Gasteiger partial charge on any atom is 0.192 e. The lowest BCUT2D eigenvalue weighted by Gasteiger charge is -2.06. The van der Waals surface area contributed by atoms with E-state index in [2.05, 4.69) is 20.7 Å². The van der Waals surface area contributed by atoms with Gasteiger partial charge in [0, 0.05) is 0 Å². The van der Waals surface area contributed by atoms with Gasteiger partial charge in [0.2, 0.25) is 0 Å². The highest BCUT2D eigenvalue weighted by Gasteiger charge is 2.21. The minimum atomic E-state index is 0.244. The van der Waals surface area contributed by atoms with E-state index in [1.165, 1.54) is 6.42 Å². The Bertz CT molecular complexity index is 574. The van der Waals surface area contributed by atoms with Gasteiger partial charge in [-0.05, 0) is 55.3 Å². The number of tetrazole rings is 1. The summed E-state index contributed by atoms with van der Waals surface area (Å²) in [5.74, 6) is 1.63. The number of benzene rings is 1. The van der Waals surface area contributed by atoms with Crippen molar-refractivity contribution >= 4 is 0 Å². The SMILES string of the molecule is COc1ccc(-n2nnc(C3CCCN3)n2)cc1C. The van der Waals surface area contributed by atoms with Crippen LogP contribution in [0.4, 0.5) is 0 Å². The standard InChI is InChI=1S/C13H17N5O/c1-9-8-10(5-6-12(9)19-2)18-16-13(15-17-18)11-4-3-7-14-11/h5-6,8,11,14H,3-4,7H2,1-2H3. The fraction of sp³-hybridized carbons (Fsp3) is 0.462. The van der Waals surface area contributed by atoms with Crippen molar-refractivity contribution in [3.63, 3.8) is 0 Å². The zero-order valence-corrected chi connectivity index (χ0v) is 11.1. The quantitative estimate of drug-likeness (QED) is 0.902. The second-order valence-electron chi connectivity index (χ2n) is 4.74. The summed E-state index contributed by atoms with van der Waals surface area (Å²) in [5.41, 5.74) is 1.95. The molecule has 1 unspecified atom stereocenters. The van der Waals surface area contributed by atoms with Gasteiger partial charge in [0.1, 0.15) is 5.75 Å². The molecule has 0 amide bonds. The monoisotopic (exact) mass is 259 g/mol. The fourth-order valence-electron chi connectivity index (χ4n) is 2.37. The van der Waals surface area contributed by atoms with Gasteiger partial charge in [-0.1, -0.05) is 0 Å². The largest absolute Gasteiger partial charge is 0.496 e. The van der Waals surface area contributed by atoms with E-state index < -0.39 is 0 Å². The molecule has 3 rings (SSSR count). The van der Waals surface area contributed by atoms with Gasteiger partial charge in [-0.3, -0.25) is 0 Å². The Kier molecular flexibility index (Phi) is 3.16. The van der Waals surface area contributed by atoms with Crippen molar-refractivity contribution < 1.29 is 4.74 Å². The lowest BCUT2D eigenvalue weighted by molar-refractivity contribution is 0.411. The highest BCUT2D eigenvalue weighted by atomic mass is 16.5. The Labute approximate surface area is 111 Å². The topological polar surface area (TPSA) is 64.9 Å². The van der Waals surface area contributed by atoms with Gasteiger partial charge in [0.05, 0.1) is 18.8 Å². The summed E-state index contributed by atoms with van der Waals surface area (Å²) < 4.78 is 5.25. The third-order valence-corrected chi connectivity index (χ3v) is 3.41. The van der Waals surface area contributed by atoms with Crippen LogP contribution in [0.15, 0.2) is 18.2 Å². The van der Waals surface area contributed by atoms with Crippen molar-refractivity contribution in [3.8, 4) is 11.4 Å². The first-order chi connectivity index (χ1) is 9.28. The van der Waals surface area contributed by atoms with E-state index in [4.69, 9.17) is 4.74 Å². The van der Waals surface area contributed by atoms with E-state index in [0.717, 1.165) is 35.8 Å². The fourth-order valence-corrected chi connectivity index (χ4v) is 2.37. The average molecular weight is 259 g/mol. The van der Waals surface area contributed by atoms with Crippen LogP contribution in [0.5, 0.6) is 5.75 Å². The normalized spacial score (nSPS) is 18.7. The van der Waals surface area contributed by atoms with Crippen LogP contribution < -0.4 is 10.1 Å². The second kappa shape index (κ2) is 4.97. The number of methoxy groups -OCH3 is 1. The number of aryl methyl sites for hydroxylation is 1. The molecule has 0 bridgehead atoms. The molecule has 0 saturated carbocycles. The molecule has 1 fully saturated rings. The summed E-state index contributed by atoms with van der Waals surface area (Å²) in [5, 5.41) is 16.1. The van der Waals surface area contributed by atoms with E-state index in [-0.39, 0.29) is 6.04 Å².